The zero-order valence-corrected chi connectivity index (χ0v) is 29.0. The first-order chi connectivity index (χ1) is 20.5. The Morgan fingerprint density at radius 2 is 1.63 bits per heavy atom. The van der Waals surface area contributed by atoms with E-state index in [0.717, 1.165) is 90.3 Å². The summed E-state index contributed by atoms with van der Waals surface area (Å²) in [4.78, 5) is 12.2. The Labute approximate surface area is 259 Å². The van der Waals surface area contributed by atoms with Crippen molar-refractivity contribution >= 4 is 38.5 Å². The Hall–Kier alpha value is -2.64. The van der Waals surface area contributed by atoms with Crippen molar-refractivity contribution in [1.29, 1.82) is 0 Å². The molecule has 1 fully saturated rings. The molecule has 0 radical (unpaired) electrons. The van der Waals surface area contributed by atoms with Gasteiger partial charge in [0.25, 0.3) is 0 Å². The molecule has 2 unspecified atom stereocenters. The minimum atomic E-state index is -1.21. The van der Waals surface area contributed by atoms with Crippen molar-refractivity contribution in [2.75, 3.05) is 38.1 Å². The van der Waals surface area contributed by atoms with E-state index >= 15 is 0 Å². The fraction of sp³-hybridized carbons (Fsp3) is 0.545. The van der Waals surface area contributed by atoms with Crippen LogP contribution >= 0.6 is 0 Å². The second-order valence-electron chi connectivity index (χ2n) is 14.6. The summed E-state index contributed by atoms with van der Waals surface area (Å²) in [5.41, 5.74) is 11.0. The number of hydrogen-bond acceptors (Lipinski definition) is 7. The van der Waals surface area contributed by atoms with Gasteiger partial charge in [0, 0.05) is 69.7 Å². The number of hydrogen-bond donors (Lipinski definition) is 1. The molecule has 10 heteroatoms. The highest BCUT2D eigenvalue weighted by Gasteiger charge is 2.28. The lowest BCUT2D eigenvalue weighted by Crippen LogP contribution is -2.33. The first kappa shape index (κ1) is 31.8. The number of rotatable bonds is 14. The number of aromatic nitrogens is 4. The van der Waals surface area contributed by atoms with Crippen LogP contribution in [0.5, 0.6) is 0 Å². The molecule has 8 nitrogen and oxygen atoms in total. The third-order valence-corrected chi connectivity index (χ3v) is 11.9. The summed E-state index contributed by atoms with van der Waals surface area (Å²) in [6, 6.07) is 14.9. The molecule has 0 saturated heterocycles. The van der Waals surface area contributed by atoms with Crippen LogP contribution in [0.25, 0.3) is 27.7 Å². The Morgan fingerprint density at radius 3 is 2.28 bits per heavy atom. The molecule has 1 aliphatic carbocycles. The molecule has 2 atom stereocenters. The molecule has 1 saturated carbocycles. The normalized spacial score (nSPS) is 17.7. The Kier molecular flexibility index (Phi) is 10.0. The summed E-state index contributed by atoms with van der Waals surface area (Å²) in [5.74, 6) is 1.88. The molecule has 4 aromatic rings. The molecule has 0 spiro atoms. The van der Waals surface area contributed by atoms with Crippen molar-refractivity contribution in [2.24, 2.45) is 11.7 Å². The van der Waals surface area contributed by atoms with Crippen LogP contribution in [0.15, 0.2) is 48.8 Å². The summed E-state index contributed by atoms with van der Waals surface area (Å²) in [7, 11) is -2.42. The number of ether oxygens (including phenoxy) is 2. The number of anilines is 1. The number of nitrogens with two attached hydrogens (primary N) is 1. The standard InChI is InChI=1S/C33H50N6O2Si2/c1-42(2,3)15-13-40-23-38(24-41-14-16-43(4,5)6)32-19-31(27-12-11-25(17-27)20-34)37-33-29(22-36-39(32)33)28-18-26-9-7-8-10-30(26)35-21-28/h7-10,18-19,21-22,25,27H,11-17,20,23-24,34H2,1-6H3. The van der Waals surface area contributed by atoms with E-state index in [2.05, 4.69) is 68.4 Å². The molecule has 0 bridgehead atoms. The van der Waals surface area contributed by atoms with Gasteiger partial charge in [0.1, 0.15) is 19.3 Å². The zero-order valence-electron chi connectivity index (χ0n) is 27.0. The lowest BCUT2D eigenvalue weighted by molar-refractivity contribution is 0.0942. The summed E-state index contributed by atoms with van der Waals surface area (Å²) in [6.07, 6.45) is 7.18. The van der Waals surface area contributed by atoms with Gasteiger partial charge < -0.3 is 20.1 Å². The van der Waals surface area contributed by atoms with Crippen LogP contribution in [0.2, 0.25) is 51.4 Å². The largest absolute Gasteiger partial charge is 0.361 e. The predicted octanol–water partition coefficient (Wildman–Crippen LogP) is 7.22. The molecule has 1 aromatic carbocycles. The minimum Gasteiger partial charge on any atom is -0.361 e. The predicted molar refractivity (Wildman–Crippen MR) is 183 cm³/mol. The molecule has 3 heterocycles. The van der Waals surface area contributed by atoms with Crippen molar-refractivity contribution in [3.8, 4) is 11.1 Å². The maximum atomic E-state index is 6.31. The first-order valence-corrected chi connectivity index (χ1v) is 23.3. The van der Waals surface area contributed by atoms with E-state index in [4.69, 9.17) is 30.3 Å². The molecular formula is C33H50N6O2Si2. The Morgan fingerprint density at radius 1 is 0.930 bits per heavy atom. The summed E-state index contributed by atoms with van der Waals surface area (Å²) in [6.45, 7) is 17.4. The van der Waals surface area contributed by atoms with Crippen molar-refractivity contribution in [2.45, 2.75) is 76.6 Å². The van der Waals surface area contributed by atoms with Gasteiger partial charge in [-0.2, -0.15) is 9.61 Å². The third-order valence-electron chi connectivity index (χ3n) is 8.48. The van der Waals surface area contributed by atoms with E-state index in [-0.39, 0.29) is 0 Å². The number of nitrogens with zero attached hydrogens (tertiary/aromatic N) is 5. The maximum Gasteiger partial charge on any atom is 0.165 e. The average molecular weight is 619 g/mol. The van der Waals surface area contributed by atoms with E-state index in [1.165, 1.54) is 0 Å². The fourth-order valence-electron chi connectivity index (χ4n) is 5.65. The number of benzene rings is 1. The van der Waals surface area contributed by atoms with E-state index in [0.29, 0.717) is 25.3 Å². The maximum absolute atomic E-state index is 6.31. The lowest BCUT2D eigenvalue weighted by atomic mass is 10.0. The van der Waals surface area contributed by atoms with Gasteiger partial charge in [0.15, 0.2) is 5.65 Å². The number of pyridine rings is 1. The number of para-hydroxylation sites is 1. The molecular weight excluding hydrogens is 569 g/mol. The van der Waals surface area contributed by atoms with Gasteiger partial charge in [-0.25, -0.2) is 4.98 Å². The molecule has 0 aliphatic heterocycles. The molecule has 1 aliphatic rings. The topological polar surface area (TPSA) is 90.8 Å². The van der Waals surface area contributed by atoms with E-state index in [9.17, 15) is 0 Å². The van der Waals surface area contributed by atoms with Gasteiger partial charge in [-0.15, -0.1) is 0 Å². The highest BCUT2D eigenvalue weighted by Crippen LogP contribution is 2.39. The molecule has 2 N–H and O–H groups in total. The van der Waals surface area contributed by atoms with Crippen molar-refractivity contribution in [1.82, 2.24) is 19.6 Å². The van der Waals surface area contributed by atoms with Gasteiger partial charge in [-0.3, -0.25) is 4.98 Å². The SMILES string of the molecule is C[Si](C)(C)CCOCN(COCC[Si](C)(C)C)c1cc(C2CCC(CN)C2)nc2c(-c3cnc4ccccc4c3)cnn12. The fourth-order valence-corrected chi connectivity index (χ4v) is 7.17. The van der Waals surface area contributed by atoms with Crippen molar-refractivity contribution in [3.63, 3.8) is 0 Å². The average Bonchev–Trinajstić information content (AvgIpc) is 3.62. The zero-order chi connectivity index (χ0) is 30.6. The van der Waals surface area contributed by atoms with Crippen molar-refractivity contribution < 1.29 is 9.47 Å². The van der Waals surface area contributed by atoms with Crippen LogP contribution in [0.1, 0.15) is 30.9 Å². The molecule has 232 valence electrons. The molecule has 3 aromatic heterocycles. The molecule has 0 amide bonds. The van der Waals surface area contributed by atoms with E-state index in [1.54, 1.807) is 0 Å². The quantitative estimate of drug-likeness (QED) is 0.0907. The van der Waals surface area contributed by atoms with Gasteiger partial charge in [0.05, 0.1) is 11.7 Å². The lowest BCUT2D eigenvalue weighted by Gasteiger charge is -2.27. The van der Waals surface area contributed by atoms with E-state index in [1.807, 2.05) is 29.0 Å². The van der Waals surface area contributed by atoms with Gasteiger partial charge in [-0.1, -0.05) is 57.5 Å². The molecule has 5 rings (SSSR count). The third kappa shape index (κ3) is 8.30. The summed E-state index contributed by atoms with van der Waals surface area (Å²) >= 11 is 0. The van der Waals surface area contributed by atoms with Crippen LogP contribution in [0.3, 0.4) is 0 Å². The number of fused-ring (bicyclic) bond motifs is 2. The highest BCUT2D eigenvalue weighted by molar-refractivity contribution is 6.76. The van der Waals surface area contributed by atoms with Crippen LogP contribution in [0.4, 0.5) is 5.82 Å². The van der Waals surface area contributed by atoms with Gasteiger partial charge in [0.2, 0.25) is 0 Å². The smallest absolute Gasteiger partial charge is 0.165 e. The highest BCUT2D eigenvalue weighted by atomic mass is 28.3. The summed E-state index contributed by atoms with van der Waals surface area (Å²) in [5, 5.41) is 6.00. The van der Waals surface area contributed by atoms with Crippen LogP contribution in [0, 0.1) is 5.92 Å². The molecule has 43 heavy (non-hydrogen) atoms. The Bertz CT molecular complexity index is 1490. The Balaban J connectivity index is 1.53. The second kappa shape index (κ2) is 13.6. The first-order valence-electron chi connectivity index (χ1n) is 15.8. The van der Waals surface area contributed by atoms with Crippen LogP contribution in [-0.4, -0.2) is 68.9 Å². The van der Waals surface area contributed by atoms with Crippen molar-refractivity contribution in [3.05, 3.63) is 54.5 Å². The monoisotopic (exact) mass is 618 g/mol. The van der Waals surface area contributed by atoms with Crippen LogP contribution in [-0.2, 0) is 9.47 Å². The second-order valence-corrected chi connectivity index (χ2v) is 25.8. The van der Waals surface area contributed by atoms with Gasteiger partial charge in [-0.05, 0) is 55.9 Å². The van der Waals surface area contributed by atoms with E-state index < -0.39 is 16.1 Å². The van der Waals surface area contributed by atoms with Crippen LogP contribution < -0.4 is 10.6 Å². The minimum absolute atomic E-state index is 0.372. The summed E-state index contributed by atoms with van der Waals surface area (Å²) < 4.78 is 14.6. The van der Waals surface area contributed by atoms with Gasteiger partial charge >= 0.3 is 0 Å².